The van der Waals surface area contributed by atoms with Gasteiger partial charge in [0.1, 0.15) is 0 Å². The van der Waals surface area contributed by atoms with Crippen LogP contribution in [0.5, 0.6) is 0 Å². The molecule has 0 radical (unpaired) electrons. The fourth-order valence-electron chi connectivity index (χ4n) is 2.78. The van der Waals surface area contributed by atoms with E-state index in [1.807, 2.05) is 11.8 Å². The van der Waals surface area contributed by atoms with Gasteiger partial charge in [-0.15, -0.1) is 0 Å². The second-order valence-corrected chi connectivity index (χ2v) is 6.93. The average molecular weight is 285 g/mol. The van der Waals surface area contributed by atoms with Crippen LogP contribution in [0.2, 0.25) is 0 Å². The van der Waals surface area contributed by atoms with Gasteiger partial charge in [-0.2, -0.15) is 11.8 Å². The minimum atomic E-state index is -0.568. The van der Waals surface area contributed by atoms with Crippen molar-refractivity contribution in [2.75, 3.05) is 31.9 Å². The van der Waals surface area contributed by atoms with E-state index < -0.39 is 5.60 Å². The quantitative estimate of drug-likeness (QED) is 0.596. The first-order valence-electron chi connectivity index (χ1n) is 7.57. The number of nitrogens with one attached hydrogen (secondary N) is 1. The summed E-state index contributed by atoms with van der Waals surface area (Å²) in [6, 6.07) is 0. The number of likely N-dealkylation sites (tertiary alicyclic amines) is 1. The number of guanidine groups is 1. The normalized spacial score (nSPS) is 31.4. The molecule has 1 heterocycles. The maximum atomic E-state index is 10.6. The molecular weight excluding hydrogens is 258 g/mol. The van der Waals surface area contributed by atoms with Crippen LogP contribution in [0.25, 0.3) is 0 Å². The maximum Gasteiger partial charge on any atom is 0.194 e. The average Bonchev–Trinajstić information content (AvgIpc) is 2.93. The van der Waals surface area contributed by atoms with Crippen molar-refractivity contribution < 1.29 is 5.11 Å². The van der Waals surface area contributed by atoms with Crippen molar-refractivity contribution in [3.63, 3.8) is 0 Å². The van der Waals surface area contributed by atoms with Crippen LogP contribution in [0.4, 0.5) is 0 Å². The number of thioether (sulfide) groups is 1. The van der Waals surface area contributed by atoms with E-state index in [1.165, 1.54) is 12.8 Å². The number of aliphatic hydroxyl groups is 1. The summed E-state index contributed by atoms with van der Waals surface area (Å²) in [5.41, 5.74) is -0.568. The molecule has 2 fully saturated rings. The van der Waals surface area contributed by atoms with E-state index in [1.54, 1.807) is 0 Å². The third-order valence-electron chi connectivity index (χ3n) is 4.05. The Morgan fingerprint density at radius 1 is 1.42 bits per heavy atom. The van der Waals surface area contributed by atoms with Crippen LogP contribution in [0.3, 0.4) is 0 Å². The third-order valence-corrected chi connectivity index (χ3v) is 5.46. The molecule has 2 aliphatic rings. The summed E-state index contributed by atoms with van der Waals surface area (Å²) in [5.74, 6) is 2.06. The standard InChI is InChI=1S/C14H27N3OS/c1-3-15-13(17-9-5-6-10-17)16-11-14(18)8-7-12(14)19-4-2/h12,18H,3-11H2,1-2H3,(H,15,16). The van der Waals surface area contributed by atoms with E-state index in [4.69, 9.17) is 0 Å². The number of nitrogens with zero attached hydrogens (tertiary/aromatic N) is 2. The molecule has 0 spiro atoms. The Labute approximate surface area is 121 Å². The lowest BCUT2D eigenvalue weighted by atomic mass is 9.79. The summed E-state index contributed by atoms with van der Waals surface area (Å²) < 4.78 is 0. The van der Waals surface area contributed by atoms with E-state index in [0.29, 0.717) is 11.8 Å². The van der Waals surface area contributed by atoms with Crippen molar-refractivity contribution in [1.29, 1.82) is 0 Å². The van der Waals surface area contributed by atoms with Crippen LogP contribution < -0.4 is 5.32 Å². The number of rotatable bonds is 5. The molecule has 0 aromatic heterocycles. The predicted octanol–water partition coefficient (Wildman–Crippen LogP) is 1.69. The second-order valence-electron chi connectivity index (χ2n) is 5.45. The van der Waals surface area contributed by atoms with Crippen molar-refractivity contribution in [3.05, 3.63) is 0 Å². The lowest BCUT2D eigenvalue weighted by Crippen LogP contribution is -2.53. The van der Waals surface area contributed by atoms with Gasteiger partial charge in [0.25, 0.3) is 0 Å². The van der Waals surface area contributed by atoms with Crippen LogP contribution in [-0.2, 0) is 0 Å². The van der Waals surface area contributed by atoms with Crippen LogP contribution in [0.15, 0.2) is 4.99 Å². The van der Waals surface area contributed by atoms with Crippen molar-refractivity contribution in [2.24, 2.45) is 4.99 Å². The first-order valence-corrected chi connectivity index (χ1v) is 8.61. The highest BCUT2D eigenvalue weighted by Crippen LogP contribution is 2.41. The van der Waals surface area contributed by atoms with Crippen molar-refractivity contribution in [2.45, 2.75) is 50.4 Å². The third kappa shape index (κ3) is 3.57. The van der Waals surface area contributed by atoms with E-state index >= 15 is 0 Å². The zero-order valence-electron chi connectivity index (χ0n) is 12.2. The first-order chi connectivity index (χ1) is 9.19. The highest BCUT2D eigenvalue weighted by atomic mass is 32.2. The molecule has 1 saturated heterocycles. The summed E-state index contributed by atoms with van der Waals surface area (Å²) in [5, 5.41) is 14.3. The second kappa shape index (κ2) is 6.84. The Balaban J connectivity index is 1.93. The number of aliphatic imine (C=N–C) groups is 1. The minimum absolute atomic E-state index is 0.378. The number of hydrogen-bond acceptors (Lipinski definition) is 3. The van der Waals surface area contributed by atoms with Crippen LogP contribution in [-0.4, -0.2) is 58.7 Å². The van der Waals surface area contributed by atoms with Crippen LogP contribution in [0.1, 0.15) is 39.5 Å². The van der Waals surface area contributed by atoms with Gasteiger partial charge in [0.15, 0.2) is 5.96 Å². The van der Waals surface area contributed by atoms with Gasteiger partial charge in [0.2, 0.25) is 0 Å². The van der Waals surface area contributed by atoms with Gasteiger partial charge in [-0.1, -0.05) is 6.92 Å². The number of hydrogen-bond donors (Lipinski definition) is 2. The Morgan fingerprint density at radius 2 is 2.16 bits per heavy atom. The molecular formula is C14H27N3OS. The summed E-state index contributed by atoms with van der Waals surface area (Å²) in [7, 11) is 0. The highest BCUT2D eigenvalue weighted by Gasteiger charge is 2.45. The van der Waals surface area contributed by atoms with Gasteiger partial charge in [-0.25, -0.2) is 0 Å². The minimum Gasteiger partial charge on any atom is -0.387 e. The van der Waals surface area contributed by atoms with Crippen LogP contribution in [0, 0.1) is 0 Å². The Morgan fingerprint density at radius 3 is 2.68 bits per heavy atom. The Kier molecular flexibility index (Phi) is 5.39. The summed E-state index contributed by atoms with van der Waals surface area (Å²) in [6.45, 7) is 7.87. The van der Waals surface area contributed by atoms with Gasteiger partial charge in [0, 0.05) is 24.9 Å². The zero-order valence-corrected chi connectivity index (χ0v) is 13.0. The van der Waals surface area contributed by atoms with Crippen molar-refractivity contribution in [1.82, 2.24) is 10.2 Å². The van der Waals surface area contributed by atoms with E-state index in [0.717, 1.165) is 44.2 Å². The predicted molar refractivity (Wildman–Crippen MR) is 82.9 cm³/mol. The fourth-order valence-corrected chi connectivity index (χ4v) is 3.97. The largest absolute Gasteiger partial charge is 0.387 e. The fraction of sp³-hybridized carbons (Fsp3) is 0.929. The summed E-state index contributed by atoms with van der Waals surface area (Å²) >= 11 is 1.87. The van der Waals surface area contributed by atoms with Gasteiger partial charge >= 0.3 is 0 Å². The molecule has 0 aromatic rings. The Bertz CT molecular complexity index is 318. The van der Waals surface area contributed by atoms with E-state index in [2.05, 4.69) is 29.1 Å². The van der Waals surface area contributed by atoms with Gasteiger partial charge in [-0.05, 0) is 38.4 Å². The maximum absolute atomic E-state index is 10.6. The molecule has 0 amide bonds. The highest BCUT2D eigenvalue weighted by molar-refractivity contribution is 8.00. The molecule has 2 unspecified atom stereocenters. The smallest absolute Gasteiger partial charge is 0.194 e. The van der Waals surface area contributed by atoms with Crippen LogP contribution >= 0.6 is 11.8 Å². The molecule has 2 atom stereocenters. The zero-order chi connectivity index (χ0) is 13.7. The van der Waals surface area contributed by atoms with Crippen molar-refractivity contribution in [3.8, 4) is 0 Å². The SMILES string of the molecule is CCNC(=NCC1(O)CCC1SCC)N1CCCC1. The lowest BCUT2D eigenvalue weighted by molar-refractivity contribution is -0.0156. The molecule has 1 aliphatic heterocycles. The molecule has 5 heteroatoms. The molecule has 2 rings (SSSR count). The van der Waals surface area contributed by atoms with E-state index in [9.17, 15) is 5.11 Å². The van der Waals surface area contributed by atoms with Gasteiger partial charge < -0.3 is 15.3 Å². The molecule has 1 saturated carbocycles. The topological polar surface area (TPSA) is 47.9 Å². The Hall–Kier alpha value is -0.420. The molecule has 19 heavy (non-hydrogen) atoms. The molecule has 110 valence electrons. The molecule has 1 aliphatic carbocycles. The lowest BCUT2D eigenvalue weighted by Gasteiger charge is -2.44. The summed E-state index contributed by atoms with van der Waals surface area (Å²) in [6.07, 6.45) is 4.53. The molecule has 2 N–H and O–H groups in total. The van der Waals surface area contributed by atoms with Gasteiger partial charge in [-0.3, -0.25) is 4.99 Å². The monoisotopic (exact) mass is 285 g/mol. The van der Waals surface area contributed by atoms with Crippen molar-refractivity contribution >= 4 is 17.7 Å². The molecule has 0 bridgehead atoms. The summed E-state index contributed by atoms with van der Waals surface area (Å²) in [4.78, 5) is 7.00. The molecule has 4 nitrogen and oxygen atoms in total. The van der Waals surface area contributed by atoms with E-state index in [-0.39, 0.29) is 0 Å². The van der Waals surface area contributed by atoms with Gasteiger partial charge in [0.05, 0.1) is 12.1 Å². The molecule has 0 aromatic carbocycles. The first kappa shape index (κ1) is 15.0.